The van der Waals surface area contributed by atoms with Gasteiger partial charge in [-0.15, -0.1) is 0 Å². The molecule has 0 radical (unpaired) electrons. The Hall–Kier alpha value is -0.763. The lowest BCUT2D eigenvalue weighted by atomic mass is 10.2. The second kappa shape index (κ2) is 5.26. The van der Waals surface area contributed by atoms with Crippen molar-refractivity contribution in [2.24, 2.45) is 0 Å². The van der Waals surface area contributed by atoms with Crippen LogP contribution >= 0.6 is 0 Å². The standard InChI is InChI=1S/C15H23NSi/c1-2-8-14(9-3-1)16(15-10-4-5-11-15)17-12-6-7-13-17/h1-3,8-9,15,17H,4-7,10-13H2. The lowest BCUT2D eigenvalue weighted by Gasteiger charge is -2.36. The molecular weight excluding hydrogens is 222 g/mol. The number of hydrogen-bond donors (Lipinski definition) is 0. The molecule has 0 N–H and O–H groups in total. The highest BCUT2D eigenvalue weighted by Gasteiger charge is 2.31. The first-order valence-corrected chi connectivity index (χ1v) is 9.43. The Morgan fingerprint density at radius 1 is 0.882 bits per heavy atom. The monoisotopic (exact) mass is 245 g/mol. The van der Waals surface area contributed by atoms with Crippen LogP contribution < -0.4 is 4.57 Å². The van der Waals surface area contributed by atoms with Gasteiger partial charge in [0.25, 0.3) is 0 Å². The minimum atomic E-state index is -0.642. The summed E-state index contributed by atoms with van der Waals surface area (Å²) in [6.45, 7) is 0. The average Bonchev–Trinajstić information content (AvgIpc) is 3.04. The van der Waals surface area contributed by atoms with Crippen molar-refractivity contribution in [3.05, 3.63) is 30.3 Å². The van der Waals surface area contributed by atoms with E-state index in [1.165, 1.54) is 44.2 Å². The molecule has 1 saturated carbocycles. The van der Waals surface area contributed by atoms with Gasteiger partial charge in [0.2, 0.25) is 0 Å². The molecule has 17 heavy (non-hydrogen) atoms. The van der Waals surface area contributed by atoms with Crippen molar-refractivity contribution < 1.29 is 0 Å². The van der Waals surface area contributed by atoms with Crippen LogP contribution in [0, 0.1) is 0 Å². The quantitative estimate of drug-likeness (QED) is 0.729. The third-order valence-corrected chi connectivity index (χ3v) is 8.15. The van der Waals surface area contributed by atoms with E-state index in [1.807, 2.05) is 0 Å². The van der Waals surface area contributed by atoms with Crippen molar-refractivity contribution in [3.63, 3.8) is 0 Å². The van der Waals surface area contributed by atoms with E-state index in [0.29, 0.717) is 0 Å². The maximum atomic E-state index is 2.90. The topological polar surface area (TPSA) is 3.24 Å². The molecule has 0 spiro atoms. The van der Waals surface area contributed by atoms with Crippen molar-refractivity contribution in [2.75, 3.05) is 4.57 Å². The van der Waals surface area contributed by atoms with Crippen molar-refractivity contribution in [1.82, 2.24) is 0 Å². The van der Waals surface area contributed by atoms with Gasteiger partial charge in [0.15, 0.2) is 0 Å². The Morgan fingerprint density at radius 2 is 1.53 bits per heavy atom. The van der Waals surface area contributed by atoms with Crippen molar-refractivity contribution in [2.45, 2.75) is 56.7 Å². The summed E-state index contributed by atoms with van der Waals surface area (Å²) < 4.78 is 2.90. The van der Waals surface area contributed by atoms with Crippen LogP contribution in [-0.4, -0.2) is 15.0 Å². The molecule has 1 aliphatic carbocycles. The average molecular weight is 245 g/mol. The summed E-state index contributed by atoms with van der Waals surface area (Å²) in [5.74, 6) is 0. The van der Waals surface area contributed by atoms with Crippen molar-refractivity contribution in [3.8, 4) is 0 Å². The van der Waals surface area contributed by atoms with Crippen LogP contribution in [0.4, 0.5) is 5.69 Å². The van der Waals surface area contributed by atoms with Gasteiger partial charge in [-0.1, -0.05) is 43.9 Å². The van der Waals surface area contributed by atoms with Gasteiger partial charge in [-0.25, -0.2) is 0 Å². The van der Waals surface area contributed by atoms with E-state index in [0.717, 1.165) is 6.04 Å². The van der Waals surface area contributed by atoms with E-state index in [4.69, 9.17) is 0 Å². The molecule has 0 unspecified atom stereocenters. The van der Waals surface area contributed by atoms with Gasteiger partial charge in [-0.05, 0) is 37.1 Å². The van der Waals surface area contributed by atoms with E-state index in [-0.39, 0.29) is 0 Å². The van der Waals surface area contributed by atoms with E-state index in [9.17, 15) is 0 Å². The van der Waals surface area contributed by atoms with Crippen LogP contribution in [0.1, 0.15) is 38.5 Å². The molecule has 2 aliphatic rings. The molecule has 1 aliphatic heterocycles. The molecule has 0 amide bonds. The Kier molecular flexibility index (Phi) is 3.51. The predicted molar refractivity (Wildman–Crippen MR) is 77.2 cm³/mol. The van der Waals surface area contributed by atoms with Gasteiger partial charge in [0, 0.05) is 11.7 Å². The lowest BCUT2D eigenvalue weighted by Crippen LogP contribution is -2.44. The summed E-state index contributed by atoms with van der Waals surface area (Å²) in [6, 6.07) is 15.2. The summed E-state index contributed by atoms with van der Waals surface area (Å²) in [4.78, 5) is 0. The minimum Gasteiger partial charge on any atom is -0.398 e. The molecule has 1 nitrogen and oxygen atoms in total. The Balaban J connectivity index is 1.84. The van der Waals surface area contributed by atoms with Gasteiger partial charge >= 0.3 is 0 Å². The van der Waals surface area contributed by atoms with E-state index in [1.54, 1.807) is 12.1 Å². The van der Waals surface area contributed by atoms with Gasteiger partial charge in [-0.2, -0.15) is 0 Å². The zero-order valence-corrected chi connectivity index (χ0v) is 11.8. The van der Waals surface area contributed by atoms with Gasteiger partial charge in [0.1, 0.15) is 8.96 Å². The maximum Gasteiger partial charge on any atom is 0.140 e. The molecule has 0 aromatic heterocycles. The zero-order chi connectivity index (χ0) is 11.5. The number of nitrogens with zero attached hydrogens (tertiary/aromatic N) is 1. The molecule has 1 heterocycles. The molecule has 0 bridgehead atoms. The molecule has 1 aromatic carbocycles. The fraction of sp³-hybridized carbons (Fsp3) is 0.600. The Morgan fingerprint density at radius 3 is 2.18 bits per heavy atom. The normalized spacial score (nSPS) is 22.1. The summed E-state index contributed by atoms with van der Waals surface area (Å²) in [5.41, 5.74) is 1.53. The Bertz CT molecular complexity index is 323. The highest BCUT2D eigenvalue weighted by atomic mass is 28.3. The highest BCUT2D eigenvalue weighted by Crippen LogP contribution is 2.34. The fourth-order valence-electron chi connectivity index (χ4n) is 3.68. The van der Waals surface area contributed by atoms with Crippen LogP contribution in [-0.2, 0) is 0 Å². The molecule has 1 saturated heterocycles. The van der Waals surface area contributed by atoms with Crippen LogP contribution in [0.5, 0.6) is 0 Å². The first-order valence-electron chi connectivity index (χ1n) is 7.28. The second-order valence-corrected chi connectivity index (χ2v) is 8.64. The SMILES string of the molecule is c1ccc(N(C2CCCC2)[SiH]2CCCC2)cc1. The van der Waals surface area contributed by atoms with Gasteiger partial charge < -0.3 is 4.57 Å². The maximum absolute atomic E-state index is 2.90. The number of anilines is 1. The van der Waals surface area contributed by atoms with Crippen LogP contribution in [0.15, 0.2) is 30.3 Å². The predicted octanol–water partition coefficient (Wildman–Crippen LogP) is 3.95. The lowest BCUT2D eigenvalue weighted by molar-refractivity contribution is 0.694. The van der Waals surface area contributed by atoms with Gasteiger partial charge in [0.05, 0.1) is 0 Å². The molecule has 2 heteroatoms. The molecule has 3 rings (SSSR count). The number of para-hydroxylation sites is 1. The number of benzene rings is 1. The molecule has 92 valence electrons. The summed E-state index contributed by atoms with van der Waals surface area (Å²) in [6.07, 6.45) is 8.78. The first-order chi connectivity index (χ1) is 8.45. The minimum absolute atomic E-state index is 0.642. The first kappa shape index (κ1) is 11.3. The molecular formula is C15H23NSi. The summed E-state index contributed by atoms with van der Waals surface area (Å²) in [7, 11) is -0.642. The van der Waals surface area contributed by atoms with Crippen LogP contribution in [0.2, 0.25) is 12.1 Å². The Labute approximate surface area is 107 Å². The highest BCUT2D eigenvalue weighted by molar-refractivity contribution is 6.64. The summed E-state index contributed by atoms with van der Waals surface area (Å²) >= 11 is 0. The fourth-order valence-corrected chi connectivity index (χ4v) is 7.54. The molecule has 1 aromatic rings. The van der Waals surface area contributed by atoms with Crippen LogP contribution in [0.25, 0.3) is 0 Å². The van der Waals surface area contributed by atoms with E-state index >= 15 is 0 Å². The van der Waals surface area contributed by atoms with E-state index < -0.39 is 8.96 Å². The molecule has 2 fully saturated rings. The number of rotatable bonds is 3. The van der Waals surface area contributed by atoms with E-state index in [2.05, 4.69) is 34.9 Å². The largest absolute Gasteiger partial charge is 0.398 e. The smallest absolute Gasteiger partial charge is 0.140 e. The van der Waals surface area contributed by atoms with Crippen molar-refractivity contribution in [1.29, 1.82) is 0 Å². The summed E-state index contributed by atoms with van der Waals surface area (Å²) in [5, 5.41) is 0. The molecule has 0 atom stereocenters. The number of hydrogen-bond acceptors (Lipinski definition) is 1. The third kappa shape index (κ3) is 2.42. The second-order valence-electron chi connectivity index (χ2n) is 5.62. The van der Waals surface area contributed by atoms with Crippen molar-refractivity contribution >= 4 is 14.6 Å². The van der Waals surface area contributed by atoms with Crippen LogP contribution in [0.3, 0.4) is 0 Å². The third-order valence-electron chi connectivity index (χ3n) is 4.49. The van der Waals surface area contributed by atoms with Gasteiger partial charge in [-0.3, -0.25) is 0 Å². The zero-order valence-electron chi connectivity index (χ0n) is 10.6.